The molecule has 1 unspecified atom stereocenters. The van der Waals surface area contributed by atoms with Gasteiger partial charge in [0.2, 0.25) is 5.91 Å². The van der Waals surface area contributed by atoms with Gasteiger partial charge in [0.1, 0.15) is 11.9 Å². The quantitative estimate of drug-likeness (QED) is 0.0974. The Bertz CT molecular complexity index is 1090. The van der Waals surface area contributed by atoms with E-state index in [1.165, 1.54) is 75.2 Å². The molecule has 0 aromatic heterocycles. The largest absolute Gasteiger partial charge is 0.462 e. The number of aryl methyl sites for hydroxylation is 1. The van der Waals surface area contributed by atoms with Crippen molar-refractivity contribution in [3.8, 4) is 5.75 Å². The van der Waals surface area contributed by atoms with Crippen molar-refractivity contribution in [2.45, 2.75) is 129 Å². The zero-order chi connectivity index (χ0) is 30.3. The van der Waals surface area contributed by atoms with Crippen molar-refractivity contribution in [1.29, 1.82) is 0 Å². The van der Waals surface area contributed by atoms with Crippen molar-refractivity contribution < 1.29 is 28.7 Å². The molecular weight excluding hydrogens is 530 g/mol. The Morgan fingerprint density at radius 3 is 2.29 bits per heavy atom. The van der Waals surface area contributed by atoms with E-state index in [1.54, 1.807) is 14.0 Å². The molecule has 3 aliphatic carbocycles. The van der Waals surface area contributed by atoms with Crippen LogP contribution in [0.15, 0.2) is 18.2 Å². The van der Waals surface area contributed by atoms with Gasteiger partial charge in [0.05, 0.1) is 7.11 Å². The Balaban J connectivity index is 1.34. The maximum atomic E-state index is 12.0. The first kappa shape index (κ1) is 32.5. The van der Waals surface area contributed by atoms with E-state index in [0.717, 1.165) is 44.9 Å². The molecule has 2 fully saturated rings. The number of benzene rings is 1. The second-order valence-corrected chi connectivity index (χ2v) is 13.4. The lowest BCUT2D eigenvalue weighted by molar-refractivity contribution is -0.168. The number of hydrogen-bond donors (Lipinski definition) is 0. The average Bonchev–Trinajstić information content (AvgIpc) is 3.27. The molecule has 7 heteroatoms. The standard InChI is InChI=1S/C35H53NO6/c1-24(37)41-28-17-19-29-26(22-28)16-18-30-31-20-21-32(42-25(2)38)35(31,3)23-27(34(29)30)14-12-10-8-6-7-9-11-13-15-33(39)36(4)40-5/h17,19,22,27,30-32,34H,6-16,18,20-21,23H2,1-5H3/t27-,30-,31-,32?,34+,35-/m0/s1. The topological polar surface area (TPSA) is 82.1 Å². The summed E-state index contributed by atoms with van der Waals surface area (Å²) < 4.78 is 11.4. The number of ether oxygens (including phenoxy) is 2. The molecule has 1 aromatic carbocycles. The van der Waals surface area contributed by atoms with E-state index in [1.807, 2.05) is 6.07 Å². The van der Waals surface area contributed by atoms with Crippen LogP contribution in [0.5, 0.6) is 5.75 Å². The summed E-state index contributed by atoms with van der Waals surface area (Å²) in [6.07, 6.45) is 16.6. The molecule has 0 heterocycles. The zero-order valence-corrected chi connectivity index (χ0v) is 26.6. The van der Waals surface area contributed by atoms with Crippen molar-refractivity contribution in [3.63, 3.8) is 0 Å². The zero-order valence-electron chi connectivity index (χ0n) is 26.6. The fourth-order valence-electron chi connectivity index (χ4n) is 8.73. The fourth-order valence-corrected chi connectivity index (χ4v) is 8.73. The summed E-state index contributed by atoms with van der Waals surface area (Å²) in [4.78, 5) is 40.3. The molecule has 3 aliphatic rings. The van der Waals surface area contributed by atoms with E-state index in [9.17, 15) is 14.4 Å². The highest BCUT2D eigenvalue weighted by Gasteiger charge is 2.58. The van der Waals surface area contributed by atoms with Gasteiger partial charge in [0.25, 0.3) is 0 Å². The van der Waals surface area contributed by atoms with E-state index >= 15 is 0 Å². The molecule has 4 rings (SSSR count). The third-order valence-corrected chi connectivity index (χ3v) is 10.6. The second-order valence-electron chi connectivity index (χ2n) is 13.4. The lowest BCUT2D eigenvalue weighted by atomic mass is 9.51. The van der Waals surface area contributed by atoms with Gasteiger partial charge in [-0.25, -0.2) is 5.06 Å². The summed E-state index contributed by atoms with van der Waals surface area (Å²) in [6, 6.07) is 6.31. The van der Waals surface area contributed by atoms with Crippen LogP contribution in [0.3, 0.4) is 0 Å². The van der Waals surface area contributed by atoms with Crippen LogP contribution in [0.2, 0.25) is 0 Å². The first-order chi connectivity index (χ1) is 20.1. The van der Waals surface area contributed by atoms with Crippen LogP contribution in [0, 0.1) is 23.2 Å². The van der Waals surface area contributed by atoms with Gasteiger partial charge in [-0.1, -0.05) is 57.9 Å². The molecule has 1 aromatic rings. The third kappa shape index (κ3) is 7.75. The molecule has 6 atom stereocenters. The smallest absolute Gasteiger partial charge is 0.308 e. The molecule has 0 spiro atoms. The molecule has 234 valence electrons. The Labute approximate surface area is 253 Å². The number of nitrogens with zero attached hydrogens (tertiary/aromatic N) is 1. The van der Waals surface area contributed by atoms with Gasteiger partial charge in [0.15, 0.2) is 0 Å². The minimum Gasteiger partial charge on any atom is -0.462 e. The van der Waals surface area contributed by atoms with Crippen LogP contribution >= 0.6 is 0 Å². The van der Waals surface area contributed by atoms with Crippen molar-refractivity contribution in [3.05, 3.63) is 29.3 Å². The van der Waals surface area contributed by atoms with E-state index in [4.69, 9.17) is 14.3 Å². The number of carbonyl (C=O) groups excluding carboxylic acids is 3. The van der Waals surface area contributed by atoms with Gasteiger partial charge in [-0.3, -0.25) is 19.2 Å². The first-order valence-corrected chi connectivity index (χ1v) is 16.4. The van der Waals surface area contributed by atoms with Gasteiger partial charge >= 0.3 is 11.9 Å². The summed E-state index contributed by atoms with van der Waals surface area (Å²) in [5.41, 5.74) is 2.85. The molecule has 1 amide bonds. The van der Waals surface area contributed by atoms with Crippen LogP contribution in [0.4, 0.5) is 0 Å². The molecule has 0 aliphatic heterocycles. The average molecular weight is 584 g/mol. The van der Waals surface area contributed by atoms with Crippen LogP contribution < -0.4 is 4.74 Å². The number of carbonyl (C=O) groups is 3. The Kier molecular flexibility index (Phi) is 11.5. The highest BCUT2D eigenvalue weighted by molar-refractivity contribution is 5.74. The molecular formula is C35H53NO6. The van der Waals surface area contributed by atoms with Gasteiger partial charge in [-0.2, -0.15) is 0 Å². The summed E-state index contributed by atoms with van der Waals surface area (Å²) in [5, 5.41) is 1.31. The van der Waals surface area contributed by atoms with Crippen molar-refractivity contribution in [2.75, 3.05) is 14.2 Å². The SMILES string of the molecule is CON(C)C(=O)CCCCCCCCCC[C@H]1C[C@]2(C)C(OC(C)=O)CC[C@H]2[C@@H]2CCc3cc(OC(C)=O)ccc3[C@@H]12. The number of unbranched alkanes of at least 4 members (excludes halogenated alkanes) is 7. The fraction of sp³-hybridized carbons (Fsp3) is 0.743. The van der Waals surface area contributed by atoms with Crippen molar-refractivity contribution in [1.82, 2.24) is 5.06 Å². The number of esters is 2. The molecule has 42 heavy (non-hydrogen) atoms. The molecule has 0 bridgehead atoms. The predicted octanol–water partition coefficient (Wildman–Crippen LogP) is 7.55. The van der Waals surface area contributed by atoms with Crippen molar-refractivity contribution in [2.24, 2.45) is 23.2 Å². The lowest BCUT2D eigenvalue weighted by Gasteiger charge is -2.54. The van der Waals surface area contributed by atoms with E-state index in [-0.39, 0.29) is 29.4 Å². The van der Waals surface area contributed by atoms with Crippen LogP contribution in [-0.4, -0.2) is 43.2 Å². The van der Waals surface area contributed by atoms with Gasteiger partial charge in [-0.05, 0) is 91.9 Å². The van der Waals surface area contributed by atoms with Gasteiger partial charge in [0, 0.05) is 32.7 Å². The Hall–Kier alpha value is -2.41. The van der Waals surface area contributed by atoms with E-state index < -0.39 is 0 Å². The van der Waals surface area contributed by atoms with Crippen molar-refractivity contribution >= 4 is 17.8 Å². The van der Waals surface area contributed by atoms with Gasteiger partial charge in [-0.15, -0.1) is 0 Å². The van der Waals surface area contributed by atoms with Gasteiger partial charge < -0.3 is 9.47 Å². The monoisotopic (exact) mass is 583 g/mol. The predicted molar refractivity (Wildman–Crippen MR) is 163 cm³/mol. The molecule has 2 saturated carbocycles. The summed E-state index contributed by atoms with van der Waals surface area (Å²) in [6.45, 7) is 5.41. The Morgan fingerprint density at radius 2 is 1.62 bits per heavy atom. The Morgan fingerprint density at radius 1 is 0.929 bits per heavy atom. The first-order valence-electron chi connectivity index (χ1n) is 16.4. The molecule has 0 radical (unpaired) electrons. The number of hydrogen-bond acceptors (Lipinski definition) is 6. The normalized spacial score (nSPS) is 27.9. The highest BCUT2D eigenvalue weighted by atomic mass is 16.7. The van der Waals surface area contributed by atoms with E-state index in [0.29, 0.717) is 35.8 Å². The molecule has 7 nitrogen and oxygen atoms in total. The summed E-state index contributed by atoms with van der Waals surface area (Å²) >= 11 is 0. The number of fused-ring (bicyclic) bond motifs is 5. The number of amides is 1. The maximum absolute atomic E-state index is 12.0. The van der Waals surface area contributed by atoms with Crippen LogP contribution in [0.25, 0.3) is 0 Å². The number of rotatable bonds is 14. The maximum Gasteiger partial charge on any atom is 0.308 e. The molecule has 0 saturated heterocycles. The summed E-state index contributed by atoms with van der Waals surface area (Å²) in [7, 11) is 3.18. The third-order valence-electron chi connectivity index (χ3n) is 10.6. The van der Waals surface area contributed by atoms with Crippen LogP contribution in [-0.2, 0) is 30.4 Å². The van der Waals surface area contributed by atoms with Crippen LogP contribution in [0.1, 0.15) is 128 Å². The minimum atomic E-state index is -0.276. The minimum absolute atomic E-state index is 0.0291. The lowest BCUT2D eigenvalue weighted by Crippen LogP contribution is -2.48. The summed E-state index contributed by atoms with van der Waals surface area (Å²) in [5.74, 6) is 2.55. The molecule has 0 N–H and O–H groups in total. The number of hydroxylamine groups is 2. The highest BCUT2D eigenvalue weighted by Crippen LogP contribution is 2.64. The second kappa shape index (κ2) is 14.9. The van der Waals surface area contributed by atoms with E-state index in [2.05, 4.69) is 19.1 Å².